The molecule has 1 unspecified atom stereocenters. The van der Waals surface area contributed by atoms with Crippen molar-refractivity contribution in [2.24, 2.45) is 5.41 Å². The van der Waals surface area contributed by atoms with Crippen LogP contribution in [0.2, 0.25) is 0 Å². The maximum absolute atomic E-state index is 3.65. The fourth-order valence-electron chi connectivity index (χ4n) is 3.87. The molecule has 0 spiro atoms. The molecule has 0 saturated carbocycles. The third kappa shape index (κ3) is 6.66. The van der Waals surface area contributed by atoms with E-state index in [4.69, 9.17) is 0 Å². The molecule has 0 aromatic heterocycles. The first-order valence-electron chi connectivity index (χ1n) is 9.35. The van der Waals surface area contributed by atoms with E-state index in [-0.39, 0.29) is 0 Å². The highest BCUT2D eigenvalue weighted by atomic mass is 15.1. The molecule has 1 aliphatic heterocycles. The van der Waals surface area contributed by atoms with E-state index in [1.54, 1.807) is 0 Å². The summed E-state index contributed by atoms with van der Waals surface area (Å²) in [7, 11) is 0. The van der Waals surface area contributed by atoms with E-state index >= 15 is 0 Å². The Morgan fingerprint density at radius 3 is 2.14 bits per heavy atom. The fourth-order valence-corrected chi connectivity index (χ4v) is 3.87. The number of hydrogen-bond donors (Lipinski definition) is 1. The van der Waals surface area contributed by atoms with Crippen LogP contribution in [0.4, 0.5) is 0 Å². The van der Waals surface area contributed by atoms with Crippen molar-refractivity contribution in [2.45, 2.75) is 59.8 Å². The summed E-state index contributed by atoms with van der Waals surface area (Å²) in [5.74, 6) is 0. The molecule has 1 rings (SSSR count). The van der Waals surface area contributed by atoms with Gasteiger partial charge in [-0.2, -0.15) is 0 Å². The summed E-state index contributed by atoms with van der Waals surface area (Å²) in [6.07, 6.45) is 6.79. The largest absolute Gasteiger partial charge is 0.316 e. The van der Waals surface area contributed by atoms with Crippen LogP contribution >= 0.6 is 0 Å². The standard InChI is InChI=1S/C18H39N3/c1-5-11-18(12-9-13-19-16-18)17-21(8-4)15-10-14-20(6-2)7-3/h19H,5-17H2,1-4H3. The van der Waals surface area contributed by atoms with Crippen LogP contribution in [0.25, 0.3) is 0 Å². The van der Waals surface area contributed by atoms with Crippen LogP contribution in [0.3, 0.4) is 0 Å². The zero-order valence-corrected chi connectivity index (χ0v) is 15.1. The molecule has 0 radical (unpaired) electrons. The van der Waals surface area contributed by atoms with Crippen LogP contribution in [-0.2, 0) is 0 Å². The lowest BCUT2D eigenvalue weighted by Crippen LogP contribution is -2.48. The highest BCUT2D eigenvalue weighted by molar-refractivity contribution is 4.88. The summed E-state index contributed by atoms with van der Waals surface area (Å²) < 4.78 is 0. The van der Waals surface area contributed by atoms with Crippen molar-refractivity contribution >= 4 is 0 Å². The van der Waals surface area contributed by atoms with E-state index < -0.39 is 0 Å². The van der Waals surface area contributed by atoms with Gasteiger partial charge in [0, 0.05) is 13.1 Å². The van der Waals surface area contributed by atoms with Crippen LogP contribution in [0, 0.1) is 5.41 Å². The molecule has 1 N–H and O–H groups in total. The van der Waals surface area contributed by atoms with Crippen molar-refractivity contribution in [3.8, 4) is 0 Å². The first-order valence-corrected chi connectivity index (χ1v) is 9.35. The average Bonchev–Trinajstić information content (AvgIpc) is 2.51. The van der Waals surface area contributed by atoms with Crippen molar-refractivity contribution in [1.29, 1.82) is 0 Å². The molecular formula is C18H39N3. The van der Waals surface area contributed by atoms with Crippen molar-refractivity contribution in [3.05, 3.63) is 0 Å². The van der Waals surface area contributed by atoms with Crippen molar-refractivity contribution in [2.75, 3.05) is 52.4 Å². The lowest BCUT2D eigenvalue weighted by Gasteiger charge is -2.41. The van der Waals surface area contributed by atoms with E-state index in [1.807, 2.05) is 0 Å². The van der Waals surface area contributed by atoms with Crippen molar-refractivity contribution < 1.29 is 0 Å². The maximum atomic E-state index is 3.65. The Balaban J connectivity index is 2.42. The lowest BCUT2D eigenvalue weighted by molar-refractivity contribution is 0.106. The van der Waals surface area contributed by atoms with Crippen LogP contribution in [-0.4, -0.2) is 62.2 Å². The summed E-state index contributed by atoms with van der Waals surface area (Å²) in [4.78, 5) is 5.24. The minimum absolute atomic E-state index is 0.540. The van der Waals surface area contributed by atoms with Gasteiger partial charge in [-0.05, 0) is 70.4 Å². The SMILES string of the molecule is CCCC1(CN(CC)CCCN(CC)CC)CCCNC1. The Hall–Kier alpha value is -0.120. The van der Waals surface area contributed by atoms with Gasteiger partial charge in [0.25, 0.3) is 0 Å². The molecule has 3 heteroatoms. The number of nitrogens with one attached hydrogen (secondary N) is 1. The molecule has 3 nitrogen and oxygen atoms in total. The first kappa shape index (κ1) is 18.9. The molecular weight excluding hydrogens is 258 g/mol. The second-order valence-electron chi connectivity index (χ2n) is 6.78. The highest BCUT2D eigenvalue weighted by Gasteiger charge is 2.32. The third-order valence-corrected chi connectivity index (χ3v) is 5.19. The summed E-state index contributed by atoms with van der Waals surface area (Å²) in [6.45, 7) is 19.0. The quantitative estimate of drug-likeness (QED) is 0.632. The van der Waals surface area contributed by atoms with Gasteiger partial charge in [-0.1, -0.05) is 34.1 Å². The third-order valence-electron chi connectivity index (χ3n) is 5.19. The summed E-state index contributed by atoms with van der Waals surface area (Å²) in [6, 6.07) is 0. The van der Waals surface area contributed by atoms with E-state index in [1.165, 1.54) is 84.5 Å². The average molecular weight is 298 g/mol. The van der Waals surface area contributed by atoms with Gasteiger partial charge < -0.3 is 15.1 Å². The molecule has 0 bridgehead atoms. The Morgan fingerprint density at radius 1 is 0.952 bits per heavy atom. The smallest absolute Gasteiger partial charge is 0.00500 e. The number of piperidine rings is 1. The molecule has 126 valence electrons. The summed E-state index contributed by atoms with van der Waals surface area (Å²) in [5, 5.41) is 3.65. The molecule has 1 aliphatic rings. The zero-order valence-electron chi connectivity index (χ0n) is 15.1. The van der Waals surface area contributed by atoms with E-state index in [9.17, 15) is 0 Å². The van der Waals surface area contributed by atoms with Gasteiger partial charge >= 0.3 is 0 Å². The lowest BCUT2D eigenvalue weighted by atomic mass is 9.76. The molecule has 1 saturated heterocycles. The van der Waals surface area contributed by atoms with Crippen molar-refractivity contribution in [1.82, 2.24) is 15.1 Å². The van der Waals surface area contributed by atoms with Crippen LogP contribution in [0.5, 0.6) is 0 Å². The molecule has 1 atom stereocenters. The van der Waals surface area contributed by atoms with Gasteiger partial charge in [0.2, 0.25) is 0 Å². The topological polar surface area (TPSA) is 18.5 Å². The van der Waals surface area contributed by atoms with E-state index in [2.05, 4.69) is 42.8 Å². The Bertz CT molecular complexity index is 239. The summed E-state index contributed by atoms with van der Waals surface area (Å²) >= 11 is 0. The molecule has 0 aliphatic carbocycles. The first-order chi connectivity index (χ1) is 10.2. The Kier molecular flexibility index (Phi) is 9.54. The van der Waals surface area contributed by atoms with Crippen LogP contribution in [0.1, 0.15) is 59.8 Å². The monoisotopic (exact) mass is 297 g/mol. The van der Waals surface area contributed by atoms with E-state index in [0.717, 1.165) is 0 Å². The van der Waals surface area contributed by atoms with Gasteiger partial charge in [0.1, 0.15) is 0 Å². The predicted molar refractivity (Wildman–Crippen MR) is 94.0 cm³/mol. The van der Waals surface area contributed by atoms with Gasteiger partial charge in [0.15, 0.2) is 0 Å². The minimum Gasteiger partial charge on any atom is -0.316 e. The Morgan fingerprint density at radius 2 is 1.62 bits per heavy atom. The molecule has 0 aromatic rings. The van der Waals surface area contributed by atoms with Gasteiger partial charge in [-0.3, -0.25) is 0 Å². The predicted octanol–water partition coefficient (Wildman–Crippen LogP) is 3.21. The highest BCUT2D eigenvalue weighted by Crippen LogP contribution is 2.32. The van der Waals surface area contributed by atoms with Gasteiger partial charge in [-0.15, -0.1) is 0 Å². The molecule has 21 heavy (non-hydrogen) atoms. The zero-order chi connectivity index (χ0) is 15.6. The second kappa shape index (κ2) is 10.6. The molecule has 1 fully saturated rings. The number of rotatable bonds is 11. The second-order valence-corrected chi connectivity index (χ2v) is 6.78. The molecule has 0 aromatic carbocycles. The normalized spacial score (nSPS) is 23.1. The number of hydrogen-bond acceptors (Lipinski definition) is 3. The molecule has 0 amide bonds. The van der Waals surface area contributed by atoms with Gasteiger partial charge in [0.05, 0.1) is 0 Å². The maximum Gasteiger partial charge on any atom is 0.00500 e. The minimum atomic E-state index is 0.540. The number of nitrogens with zero attached hydrogens (tertiary/aromatic N) is 2. The van der Waals surface area contributed by atoms with E-state index in [0.29, 0.717) is 5.41 Å². The van der Waals surface area contributed by atoms with Gasteiger partial charge in [-0.25, -0.2) is 0 Å². The summed E-state index contributed by atoms with van der Waals surface area (Å²) in [5.41, 5.74) is 0.540. The van der Waals surface area contributed by atoms with Crippen LogP contribution < -0.4 is 5.32 Å². The Labute approximate surface area is 133 Å². The van der Waals surface area contributed by atoms with Crippen molar-refractivity contribution in [3.63, 3.8) is 0 Å². The molecule has 1 heterocycles. The fraction of sp³-hybridized carbons (Fsp3) is 1.00. The van der Waals surface area contributed by atoms with Crippen LogP contribution in [0.15, 0.2) is 0 Å².